The molecule has 0 N–H and O–H groups in total. The second kappa shape index (κ2) is 6.24. The van der Waals surface area contributed by atoms with Crippen molar-refractivity contribution >= 4 is 29.5 Å². The molecule has 1 atom stereocenters. The van der Waals surface area contributed by atoms with Crippen molar-refractivity contribution in [3.63, 3.8) is 0 Å². The lowest BCUT2D eigenvalue weighted by atomic mass is 9.92. The van der Waals surface area contributed by atoms with Crippen LogP contribution >= 0.6 is 7.94 Å². The second-order valence-electron chi connectivity index (χ2n) is 6.88. The SMILES string of the molecule is C#CC(C)[P+]1([O-])Oc2ccc3ccccc3c2-c2c(ccc3ccccc23)O1. The van der Waals surface area contributed by atoms with E-state index in [1.54, 1.807) is 6.92 Å². The lowest BCUT2D eigenvalue weighted by Crippen LogP contribution is -2.28. The first-order chi connectivity index (χ1) is 13.6. The number of hydrogen-bond acceptors (Lipinski definition) is 3. The van der Waals surface area contributed by atoms with Gasteiger partial charge in [-0.25, -0.2) is 0 Å². The van der Waals surface area contributed by atoms with Crippen LogP contribution in [0, 0.1) is 12.3 Å². The smallest absolute Gasteiger partial charge is 0.346 e. The lowest BCUT2D eigenvalue weighted by molar-refractivity contribution is -0.203. The zero-order chi connectivity index (χ0) is 19.3. The molecule has 4 aromatic carbocycles. The highest BCUT2D eigenvalue weighted by Crippen LogP contribution is 2.62. The van der Waals surface area contributed by atoms with Gasteiger partial charge in [0.2, 0.25) is 0 Å². The minimum absolute atomic E-state index is 0.527. The van der Waals surface area contributed by atoms with Crippen molar-refractivity contribution in [2.24, 2.45) is 0 Å². The van der Waals surface area contributed by atoms with Gasteiger partial charge in [0.15, 0.2) is 17.2 Å². The summed E-state index contributed by atoms with van der Waals surface area (Å²) in [4.78, 5) is 13.6. The normalized spacial score (nSPS) is 15.5. The van der Waals surface area contributed by atoms with Gasteiger partial charge in [-0.3, -0.25) is 0 Å². The molecule has 1 unspecified atom stereocenters. The molecule has 0 aliphatic carbocycles. The molecule has 0 fully saturated rings. The molecule has 0 bridgehead atoms. The van der Waals surface area contributed by atoms with Crippen LogP contribution in [0.25, 0.3) is 32.7 Å². The quantitative estimate of drug-likeness (QED) is 0.318. The molecule has 3 nitrogen and oxygen atoms in total. The van der Waals surface area contributed by atoms with Crippen molar-refractivity contribution in [1.82, 2.24) is 0 Å². The standard InChI is InChI=1S/C24H17O3P/c1-3-16(2)28(25)26-21-14-12-17-8-4-6-10-19(17)23(21)24-20-11-7-5-9-18(20)13-15-22(24)27-28/h1,4-16H,2H3. The third-order valence-corrected chi connectivity index (χ3v) is 7.20. The van der Waals surface area contributed by atoms with Crippen molar-refractivity contribution < 1.29 is 13.9 Å². The number of benzene rings is 4. The average molecular weight is 384 g/mol. The third kappa shape index (κ3) is 2.47. The van der Waals surface area contributed by atoms with E-state index in [0.29, 0.717) is 11.5 Å². The first-order valence-electron chi connectivity index (χ1n) is 9.09. The van der Waals surface area contributed by atoms with Crippen LogP contribution in [0.3, 0.4) is 0 Å². The van der Waals surface area contributed by atoms with E-state index in [1.165, 1.54) is 0 Å². The van der Waals surface area contributed by atoms with Gasteiger partial charge in [-0.1, -0.05) is 66.6 Å². The van der Waals surface area contributed by atoms with Gasteiger partial charge >= 0.3 is 7.94 Å². The van der Waals surface area contributed by atoms with Crippen molar-refractivity contribution in [3.8, 4) is 35.0 Å². The minimum atomic E-state index is -3.60. The molecule has 136 valence electrons. The van der Waals surface area contributed by atoms with E-state index in [0.717, 1.165) is 32.7 Å². The van der Waals surface area contributed by atoms with Gasteiger partial charge in [-0.2, -0.15) is 0 Å². The minimum Gasteiger partial charge on any atom is -0.616 e. The fraction of sp³-hybridized carbons (Fsp3) is 0.0833. The Morgan fingerprint density at radius 3 is 1.71 bits per heavy atom. The van der Waals surface area contributed by atoms with E-state index in [-0.39, 0.29) is 0 Å². The van der Waals surface area contributed by atoms with E-state index in [9.17, 15) is 4.89 Å². The Bertz CT molecular complexity index is 1180. The highest BCUT2D eigenvalue weighted by atomic mass is 31.2. The van der Waals surface area contributed by atoms with Crippen LogP contribution in [-0.2, 0) is 0 Å². The summed E-state index contributed by atoms with van der Waals surface area (Å²) in [6, 6.07) is 23.8. The summed E-state index contributed by atoms with van der Waals surface area (Å²) in [5.74, 6) is 3.58. The Kier molecular flexibility index (Phi) is 3.81. The van der Waals surface area contributed by atoms with Gasteiger partial charge in [0.05, 0.1) is 0 Å². The first kappa shape index (κ1) is 17.1. The lowest BCUT2D eigenvalue weighted by Gasteiger charge is -2.28. The average Bonchev–Trinajstić information content (AvgIpc) is 2.87. The van der Waals surface area contributed by atoms with Crippen LogP contribution in [0.2, 0.25) is 0 Å². The summed E-state index contributed by atoms with van der Waals surface area (Å²) in [6.45, 7) is 1.69. The Labute approximate surface area is 164 Å². The Hall–Kier alpha value is -3.05. The summed E-state index contributed by atoms with van der Waals surface area (Å²) in [5.41, 5.74) is 1.09. The fourth-order valence-corrected chi connectivity index (χ4v) is 5.10. The van der Waals surface area contributed by atoms with Gasteiger partial charge in [-0.05, 0) is 40.6 Å². The topological polar surface area (TPSA) is 41.5 Å². The summed E-state index contributed by atoms with van der Waals surface area (Å²) in [7, 11) is -3.60. The molecular formula is C24H17O3P. The van der Waals surface area contributed by atoms with Gasteiger partial charge in [0, 0.05) is 11.1 Å². The van der Waals surface area contributed by atoms with Crippen LogP contribution in [0.5, 0.6) is 11.5 Å². The molecule has 0 saturated carbocycles. The van der Waals surface area contributed by atoms with Crippen LogP contribution in [0.15, 0.2) is 72.8 Å². The highest BCUT2D eigenvalue weighted by molar-refractivity contribution is 7.61. The molecule has 1 heterocycles. The van der Waals surface area contributed by atoms with Gasteiger partial charge < -0.3 is 13.9 Å². The molecule has 0 radical (unpaired) electrons. The maximum absolute atomic E-state index is 13.6. The molecule has 0 aromatic heterocycles. The molecule has 1 aliphatic heterocycles. The monoisotopic (exact) mass is 384 g/mol. The molecule has 28 heavy (non-hydrogen) atoms. The van der Waals surface area contributed by atoms with Crippen molar-refractivity contribution in [1.29, 1.82) is 0 Å². The van der Waals surface area contributed by atoms with Gasteiger partial charge in [0.1, 0.15) is 0 Å². The summed E-state index contributed by atoms with van der Waals surface area (Å²) >= 11 is 0. The zero-order valence-electron chi connectivity index (χ0n) is 15.3. The number of terminal acetylenes is 1. The summed E-state index contributed by atoms with van der Waals surface area (Å²) < 4.78 is 12.1. The molecule has 1 aliphatic rings. The van der Waals surface area contributed by atoms with Crippen molar-refractivity contribution in [3.05, 3.63) is 72.8 Å². The first-order valence-corrected chi connectivity index (χ1v) is 10.7. The third-order valence-electron chi connectivity index (χ3n) is 5.20. The van der Waals surface area contributed by atoms with E-state index < -0.39 is 13.6 Å². The van der Waals surface area contributed by atoms with E-state index in [1.807, 2.05) is 60.7 Å². The predicted octanol–water partition coefficient (Wildman–Crippen LogP) is 5.58. The fourth-order valence-electron chi connectivity index (χ4n) is 3.71. The number of hydrogen-bond donors (Lipinski definition) is 0. The molecule has 0 spiro atoms. The molecule has 0 saturated heterocycles. The van der Waals surface area contributed by atoms with Crippen LogP contribution in [0.4, 0.5) is 0 Å². The molecule has 0 amide bonds. The Balaban J connectivity index is 1.95. The number of fused-ring (bicyclic) bond motifs is 7. The largest absolute Gasteiger partial charge is 0.616 e. The summed E-state index contributed by atoms with van der Waals surface area (Å²) in [5, 5.41) is 4.18. The Morgan fingerprint density at radius 1 is 0.786 bits per heavy atom. The maximum Gasteiger partial charge on any atom is 0.346 e. The maximum atomic E-state index is 13.6. The predicted molar refractivity (Wildman–Crippen MR) is 113 cm³/mol. The molecule has 4 heteroatoms. The second-order valence-corrected chi connectivity index (χ2v) is 9.10. The molecule has 5 rings (SSSR count). The van der Waals surface area contributed by atoms with Crippen LogP contribution in [-0.4, -0.2) is 5.66 Å². The van der Waals surface area contributed by atoms with Crippen LogP contribution < -0.4 is 13.9 Å². The van der Waals surface area contributed by atoms with Crippen LogP contribution in [0.1, 0.15) is 6.92 Å². The number of rotatable bonds is 1. The van der Waals surface area contributed by atoms with Crippen molar-refractivity contribution in [2.45, 2.75) is 12.6 Å². The summed E-state index contributed by atoms with van der Waals surface area (Å²) in [6.07, 6.45) is 5.58. The van der Waals surface area contributed by atoms with Gasteiger partial charge in [-0.15, -0.1) is 6.42 Å². The van der Waals surface area contributed by atoms with Crippen molar-refractivity contribution in [2.75, 3.05) is 0 Å². The molecule has 4 aromatic rings. The van der Waals surface area contributed by atoms with E-state index in [2.05, 4.69) is 18.1 Å². The molecular weight excluding hydrogens is 367 g/mol. The zero-order valence-corrected chi connectivity index (χ0v) is 16.1. The van der Waals surface area contributed by atoms with Gasteiger partial charge in [0.25, 0.3) is 0 Å². The van der Waals surface area contributed by atoms with E-state index >= 15 is 0 Å². The highest BCUT2D eigenvalue weighted by Gasteiger charge is 2.44. The van der Waals surface area contributed by atoms with E-state index in [4.69, 9.17) is 15.5 Å². The Morgan fingerprint density at radius 2 is 1.25 bits per heavy atom.